The van der Waals surface area contributed by atoms with Crippen molar-refractivity contribution in [2.75, 3.05) is 5.32 Å². The Kier molecular flexibility index (Phi) is 4.55. The predicted octanol–water partition coefficient (Wildman–Crippen LogP) is 4.85. The third-order valence-corrected chi connectivity index (χ3v) is 5.12. The number of fused-ring (bicyclic) bond motifs is 1. The Morgan fingerprint density at radius 3 is 2.61 bits per heavy atom. The molecule has 5 aromatic rings. The van der Waals surface area contributed by atoms with E-state index in [4.69, 9.17) is 9.40 Å². The highest BCUT2D eigenvalue weighted by Crippen LogP contribution is 2.28. The van der Waals surface area contributed by atoms with E-state index in [-0.39, 0.29) is 5.91 Å². The molecule has 152 valence electrons. The van der Waals surface area contributed by atoms with Gasteiger partial charge in [-0.25, -0.2) is 9.97 Å². The second kappa shape index (κ2) is 7.53. The molecule has 31 heavy (non-hydrogen) atoms. The summed E-state index contributed by atoms with van der Waals surface area (Å²) in [6, 6.07) is 19.1. The summed E-state index contributed by atoms with van der Waals surface area (Å²) in [5, 5.41) is 8.22. The number of rotatable bonds is 4. The van der Waals surface area contributed by atoms with Gasteiger partial charge in [0.2, 0.25) is 0 Å². The van der Waals surface area contributed by atoms with Crippen LogP contribution in [-0.2, 0) is 7.05 Å². The van der Waals surface area contributed by atoms with E-state index in [0.29, 0.717) is 22.7 Å². The van der Waals surface area contributed by atoms with Crippen molar-refractivity contribution in [3.8, 4) is 22.6 Å². The van der Waals surface area contributed by atoms with Crippen LogP contribution in [0.4, 0.5) is 5.69 Å². The normalized spacial score (nSPS) is 11.0. The van der Waals surface area contributed by atoms with E-state index in [2.05, 4.69) is 15.4 Å². The lowest BCUT2D eigenvalue weighted by Gasteiger charge is -2.10. The van der Waals surface area contributed by atoms with Crippen LogP contribution in [0.2, 0.25) is 0 Å². The molecular weight excluding hydrogens is 390 g/mol. The average molecular weight is 409 g/mol. The first-order valence-corrected chi connectivity index (χ1v) is 9.80. The van der Waals surface area contributed by atoms with Crippen molar-refractivity contribution in [3.05, 3.63) is 84.5 Å². The number of carbonyl (C=O) groups is 1. The van der Waals surface area contributed by atoms with E-state index in [1.807, 2.05) is 74.6 Å². The molecule has 0 aliphatic rings. The van der Waals surface area contributed by atoms with Gasteiger partial charge in [0.25, 0.3) is 5.91 Å². The summed E-state index contributed by atoms with van der Waals surface area (Å²) < 4.78 is 7.07. The molecule has 1 N–H and O–H groups in total. The largest absolute Gasteiger partial charge is 0.444 e. The smallest absolute Gasteiger partial charge is 0.256 e. The quantitative estimate of drug-likeness (QED) is 0.459. The standard InChI is InChI=1S/C24H19N5O2/c1-15-22-19(12-20(16-7-4-3-5-8-16)27-23(22)29(2)28-15)24(30)26-18-10-6-9-17(11-18)21-13-25-14-31-21/h3-14H,1-2H3,(H,26,30). The summed E-state index contributed by atoms with van der Waals surface area (Å²) in [7, 11) is 1.83. The van der Waals surface area contributed by atoms with Crippen molar-refractivity contribution >= 4 is 22.6 Å². The summed E-state index contributed by atoms with van der Waals surface area (Å²) in [5.74, 6) is 0.410. The number of carbonyl (C=O) groups excluding carboxylic acids is 1. The number of anilines is 1. The first-order valence-electron chi connectivity index (χ1n) is 9.80. The molecule has 0 fully saturated rings. The van der Waals surface area contributed by atoms with Gasteiger partial charge in [0, 0.05) is 23.9 Å². The van der Waals surface area contributed by atoms with Crippen LogP contribution in [0.5, 0.6) is 0 Å². The molecule has 0 unspecified atom stereocenters. The minimum atomic E-state index is -0.226. The van der Waals surface area contributed by atoms with E-state index in [0.717, 1.165) is 27.9 Å². The molecular formula is C24H19N5O2. The molecule has 0 saturated carbocycles. The van der Waals surface area contributed by atoms with E-state index in [9.17, 15) is 4.79 Å². The third kappa shape index (κ3) is 3.46. The fourth-order valence-corrected chi connectivity index (χ4v) is 3.69. The Morgan fingerprint density at radius 2 is 1.84 bits per heavy atom. The number of oxazole rings is 1. The molecule has 3 heterocycles. The van der Waals surface area contributed by atoms with Crippen LogP contribution >= 0.6 is 0 Å². The van der Waals surface area contributed by atoms with Crippen LogP contribution in [0.25, 0.3) is 33.6 Å². The van der Waals surface area contributed by atoms with Gasteiger partial charge in [0.1, 0.15) is 0 Å². The van der Waals surface area contributed by atoms with Crippen molar-refractivity contribution in [1.29, 1.82) is 0 Å². The molecule has 1 amide bonds. The maximum Gasteiger partial charge on any atom is 0.256 e. The minimum absolute atomic E-state index is 0.226. The van der Waals surface area contributed by atoms with Crippen LogP contribution < -0.4 is 5.32 Å². The molecule has 7 nitrogen and oxygen atoms in total. The lowest BCUT2D eigenvalue weighted by Crippen LogP contribution is -2.13. The van der Waals surface area contributed by atoms with Gasteiger partial charge in [-0.15, -0.1) is 0 Å². The number of aryl methyl sites for hydroxylation is 2. The fraction of sp³-hybridized carbons (Fsp3) is 0.0833. The Balaban J connectivity index is 1.58. The Labute approximate surface area is 178 Å². The van der Waals surface area contributed by atoms with Crippen LogP contribution in [0, 0.1) is 6.92 Å². The average Bonchev–Trinajstić information content (AvgIpc) is 3.43. The highest BCUT2D eigenvalue weighted by Gasteiger charge is 2.19. The predicted molar refractivity (Wildman–Crippen MR) is 119 cm³/mol. The molecule has 3 aromatic heterocycles. The monoisotopic (exact) mass is 409 g/mol. The molecule has 5 rings (SSSR count). The number of aromatic nitrogens is 4. The first kappa shape index (κ1) is 18.7. The Morgan fingerprint density at radius 1 is 1.03 bits per heavy atom. The Hall–Kier alpha value is -4.26. The topological polar surface area (TPSA) is 85.8 Å². The number of benzene rings is 2. The fourth-order valence-electron chi connectivity index (χ4n) is 3.69. The molecule has 0 saturated heterocycles. The number of nitrogens with zero attached hydrogens (tertiary/aromatic N) is 4. The van der Waals surface area contributed by atoms with Crippen LogP contribution in [0.1, 0.15) is 16.1 Å². The van der Waals surface area contributed by atoms with Crippen molar-refractivity contribution in [2.24, 2.45) is 7.05 Å². The highest BCUT2D eigenvalue weighted by atomic mass is 16.3. The number of amides is 1. The second-order valence-corrected chi connectivity index (χ2v) is 7.23. The number of pyridine rings is 1. The summed E-state index contributed by atoms with van der Waals surface area (Å²) >= 11 is 0. The number of hydrogen-bond acceptors (Lipinski definition) is 5. The SMILES string of the molecule is Cc1nn(C)c2nc(-c3ccccc3)cc(C(=O)Nc3cccc(-c4cnco4)c3)c12. The van der Waals surface area contributed by atoms with Crippen molar-refractivity contribution < 1.29 is 9.21 Å². The summed E-state index contributed by atoms with van der Waals surface area (Å²) in [5.41, 5.74) is 5.09. The van der Waals surface area contributed by atoms with Crippen LogP contribution in [0.3, 0.4) is 0 Å². The lowest BCUT2D eigenvalue weighted by molar-refractivity contribution is 0.102. The molecule has 0 spiro atoms. The summed E-state index contributed by atoms with van der Waals surface area (Å²) in [6.45, 7) is 1.88. The maximum absolute atomic E-state index is 13.4. The van der Waals surface area contributed by atoms with Gasteiger partial charge in [-0.3, -0.25) is 9.48 Å². The Bertz CT molecular complexity index is 1390. The zero-order valence-electron chi connectivity index (χ0n) is 17.0. The van der Waals surface area contributed by atoms with Crippen molar-refractivity contribution in [1.82, 2.24) is 19.7 Å². The highest BCUT2D eigenvalue weighted by molar-refractivity contribution is 6.13. The minimum Gasteiger partial charge on any atom is -0.444 e. The molecule has 7 heteroatoms. The lowest BCUT2D eigenvalue weighted by atomic mass is 10.0. The van der Waals surface area contributed by atoms with Crippen LogP contribution in [0.15, 0.2) is 77.7 Å². The van der Waals surface area contributed by atoms with Gasteiger partial charge in [-0.1, -0.05) is 42.5 Å². The van der Waals surface area contributed by atoms with E-state index in [1.54, 1.807) is 10.9 Å². The first-order chi connectivity index (χ1) is 15.1. The van der Waals surface area contributed by atoms with Gasteiger partial charge < -0.3 is 9.73 Å². The van der Waals surface area contributed by atoms with E-state index >= 15 is 0 Å². The van der Waals surface area contributed by atoms with E-state index < -0.39 is 0 Å². The number of nitrogens with one attached hydrogen (secondary N) is 1. The summed E-state index contributed by atoms with van der Waals surface area (Å²) in [6.07, 6.45) is 3.02. The van der Waals surface area contributed by atoms with Gasteiger partial charge in [0.15, 0.2) is 17.8 Å². The van der Waals surface area contributed by atoms with Gasteiger partial charge in [0.05, 0.1) is 28.5 Å². The molecule has 0 radical (unpaired) electrons. The third-order valence-electron chi connectivity index (χ3n) is 5.12. The molecule has 0 aliphatic carbocycles. The van der Waals surface area contributed by atoms with Gasteiger partial charge >= 0.3 is 0 Å². The molecule has 0 aliphatic heterocycles. The van der Waals surface area contributed by atoms with Gasteiger partial charge in [-0.05, 0) is 25.1 Å². The molecule has 2 aromatic carbocycles. The molecule has 0 bridgehead atoms. The maximum atomic E-state index is 13.4. The summed E-state index contributed by atoms with van der Waals surface area (Å²) in [4.78, 5) is 22.1. The zero-order valence-corrected chi connectivity index (χ0v) is 17.0. The number of hydrogen-bond donors (Lipinski definition) is 1. The van der Waals surface area contributed by atoms with Crippen molar-refractivity contribution in [2.45, 2.75) is 6.92 Å². The van der Waals surface area contributed by atoms with Gasteiger partial charge in [-0.2, -0.15) is 5.10 Å². The van der Waals surface area contributed by atoms with E-state index in [1.165, 1.54) is 6.39 Å². The molecule has 0 atom stereocenters. The zero-order chi connectivity index (χ0) is 21.4. The van der Waals surface area contributed by atoms with Crippen molar-refractivity contribution in [3.63, 3.8) is 0 Å². The van der Waals surface area contributed by atoms with Crippen LogP contribution in [-0.4, -0.2) is 25.7 Å². The second-order valence-electron chi connectivity index (χ2n) is 7.23.